The number of hydrogen-bond donors (Lipinski definition) is 1. The molecule has 0 spiro atoms. The summed E-state index contributed by atoms with van der Waals surface area (Å²) in [5, 5.41) is 3.87. The average molecular weight is 438 g/mol. The van der Waals surface area contributed by atoms with E-state index in [9.17, 15) is 4.79 Å². The van der Waals surface area contributed by atoms with Crippen molar-refractivity contribution in [2.24, 2.45) is 0 Å². The van der Waals surface area contributed by atoms with Crippen LogP contribution in [0.3, 0.4) is 0 Å². The van der Waals surface area contributed by atoms with Gasteiger partial charge in [0.1, 0.15) is 0 Å². The van der Waals surface area contributed by atoms with E-state index in [1.54, 1.807) is 6.20 Å². The maximum Gasteiger partial charge on any atom is 0.220 e. The molecule has 1 amide bonds. The van der Waals surface area contributed by atoms with E-state index in [-0.39, 0.29) is 11.9 Å². The summed E-state index contributed by atoms with van der Waals surface area (Å²) in [5.41, 5.74) is 2.09. The highest BCUT2D eigenvalue weighted by molar-refractivity contribution is 6.31. The Morgan fingerprint density at radius 1 is 1.10 bits per heavy atom. The van der Waals surface area contributed by atoms with Crippen LogP contribution in [-0.4, -0.2) is 35.4 Å². The molecule has 0 saturated carbocycles. The molecule has 162 valence electrons. The van der Waals surface area contributed by atoms with Gasteiger partial charge in [-0.25, -0.2) is 4.98 Å². The third-order valence-corrected chi connectivity index (χ3v) is 6.09. The Balaban J connectivity index is 1.27. The largest absolute Gasteiger partial charge is 0.441 e. The Bertz CT molecular complexity index is 983. The number of likely N-dealkylation sites (tertiary alicyclic amines) is 1. The second kappa shape index (κ2) is 10.6. The molecule has 2 heterocycles. The number of hydrogen-bond acceptors (Lipinski definition) is 4. The molecule has 0 aliphatic carbocycles. The number of aryl methyl sites for hydroxylation is 1. The standard InChI is InChI=1S/C25H28ClN3O2/c26-21-12-5-4-11-20(21)22(29-15-6-7-16-29)17-27-24(30)13-8-14-25-28-18-23(31-25)19-9-2-1-3-10-19/h1-5,9-12,18,22H,6-8,13-17H2,(H,27,30). The van der Waals surface area contributed by atoms with Gasteiger partial charge in [0.15, 0.2) is 11.7 Å². The predicted molar refractivity (Wildman–Crippen MR) is 123 cm³/mol. The Hall–Kier alpha value is -2.63. The number of oxazole rings is 1. The first kappa shape index (κ1) is 21.6. The molecule has 1 atom stereocenters. The van der Waals surface area contributed by atoms with Gasteiger partial charge in [0.05, 0.1) is 12.2 Å². The number of nitrogens with zero attached hydrogens (tertiary/aromatic N) is 2. The van der Waals surface area contributed by atoms with E-state index in [1.807, 2.05) is 48.5 Å². The summed E-state index contributed by atoms with van der Waals surface area (Å²) in [6.07, 6.45) is 5.90. The van der Waals surface area contributed by atoms with Crippen LogP contribution >= 0.6 is 11.6 Å². The normalized spacial score (nSPS) is 15.1. The second-order valence-electron chi connectivity index (χ2n) is 7.92. The third-order valence-electron chi connectivity index (χ3n) is 5.74. The molecule has 31 heavy (non-hydrogen) atoms. The number of rotatable bonds is 9. The van der Waals surface area contributed by atoms with Crippen LogP contribution in [0.2, 0.25) is 5.02 Å². The van der Waals surface area contributed by atoms with Crippen LogP contribution in [-0.2, 0) is 11.2 Å². The van der Waals surface area contributed by atoms with Gasteiger partial charge in [0, 0.05) is 30.0 Å². The highest BCUT2D eigenvalue weighted by Gasteiger charge is 2.25. The summed E-state index contributed by atoms with van der Waals surface area (Å²) < 4.78 is 5.82. The lowest BCUT2D eigenvalue weighted by molar-refractivity contribution is -0.121. The summed E-state index contributed by atoms with van der Waals surface area (Å²) in [5.74, 6) is 1.47. The van der Waals surface area contributed by atoms with E-state index >= 15 is 0 Å². The molecule has 5 nitrogen and oxygen atoms in total. The van der Waals surface area contributed by atoms with Crippen LogP contribution < -0.4 is 5.32 Å². The van der Waals surface area contributed by atoms with Crippen molar-refractivity contribution in [3.63, 3.8) is 0 Å². The van der Waals surface area contributed by atoms with Crippen LogP contribution in [0, 0.1) is 0 Å². The summed E-state index contributed by atoms with van der Waals surface area (Å²) in [4.78, 5) is 19.2. The van der Waals surface area contributed by atoms with E-state index in [4.69, 9.17) is 16.0 Å². The predicted octanol–water partition coefficient (Wildman–Crippen LogP) is 5.27. The number of aromatic nitrogens is 1. The lowest BCUT2D eigenvalue weighted by atomic mass is 10.1. The van der Waals surface area contributed by atoms with Crippen molar-refractivity contribution in [3.8, 4) is 11.3 Å². The van der Waals surface area contributed by atoms with E-state index in [2.05, 4.69) is 21.3 Å². The molecule has 1 aromatic heterocycles. The second-order valence-corrected chi connectivity index (χ2v) is 8.33. The fraction of sp³-hybridized carbons (Fsp3) is 0.360. The minimum atomic E-state index is 0.0473. The van der Waals surface area contributed by atoms with Crippen LogP contribution in [0.25, 0.3) is 11.3 Å². The van der Waals surface area contributed by atoms with Crippen molar-refractivity contribution in [3.05, 3.63) is 77.3 Å². The number of carbonyl (C=O) groups excluding carboxylic acids is 1. The molecular weight excluding hydrogens is 410 g/mol. The molecule has 2 aromatic carbocycles. The molecule has 1 aliphatic rings. The molecule has 1 unspecified atom stereocenters. The molecule has 0 bridgehead atoms. The molecule has 4 rings (SSSR count). The van der Waals surface area contributed by atoms with Crippen LogP contribution in [0.4, 0.5) is 0 Å². The van der Waals surface area contributed by atoms with Gasteiger partial charge in [0.25, 0.3) is 0 Å². The third kappa shape index (κ3) is 5.75. The van der Waals surface area contributed by atoms with E-state index in [0.717, 1.165) is 35.0 Å². The Morgan fingerprint density at radius 2 is 1.84 bits per heavy atom. The fourth-order valence-corrected chi connectivity index (χ4v) is 4.36. The van der Waals surface area contributed by atoms with Crippen LogP contribution in [0.1, 0.15) is 43.2 Å². The van der Waals surface area contributed by atoms with Gasteiger partial charge in [-0.3, -0.25) is 9.69 Å². The zero-order valence-electron chi connectivity index (χ0n) is 17.6. The maximum atomic E-state index is 12.5. The van der Waals surface area contributed by atoms with E-state index < -0.39 is 0 Å². The molecule has 0 radical (unpaired) electrons. The summed E-state index contributed by atoms with van der Waals surface area (Å²) in [6.45, 7) is 2.65. The van der Waals surface area contributed by atoms with Crippen LogP contribution in [0.15, 0.2) is 65.2 Å². The zero-order chi connectivity index (χ0) is 21.5. The van der Waals surface area contributed by atoms with Gasteiger partial charge >= 0.3 is 0 Å². The van der Waals surface area contributed by atoms with Gasteiger partial charge in [-0.15, -0.1) is 0 Å². The smallest absolute Gasteiger partial charge is 0.220 e. The number of carbonyl (C=O) groups is 1. The molecule has 6 heteroatoms. The van der Waals surface area contributed by atoms with Crippen molar-refractivity contribution in [1.82, 2.24) is 15.2 Å². The number of halogens is 1. The molecule has 1 saturated heterocycles. The number of nitrogens with one attached hydrogen (secondary N) is 1. The van der Waals surface area contributed by atoms with Crippen LogP contribution in [0.5, 0.6) is 0 Å². The first-order chi connectivity index (χ1) is 15.2. The first-order valence-corrected chi connectivity index (χ1v) is 11.3. The van der Waals surface area contributed by atoms with Crippen molar-refractivity contribution >= 4 is 17.5 Å². The minimum Gasteiger partial charge on any atom is -0.441 e. The van der Waals surface area contributed by atoms with Crippen molar-refractivity contribution < 1.29 is 9.21 Å². The Labute approximate surface area is 188 Å². The number of benzene rings is 2. The lowest BCUT2D eigenvalue weighted by Gasteiger charge is -2.29. The molecule has 1 N–H and O–H groups in total. The molecule has 1 aliphatic heterocycles. The summed E-state index contributed by atoms with van der Waals surface area (Å²) in [7, 11) is 0. The van der Waals surface area contributed by atoms with Crippen molar-refractivity contribution in [2.75, 3.05) is 19.6 Å². The van der Waals surface area contributed by atoms with E-state index in [1.165, 1.54) is 12.8 Å². The van der Waals surface area contributed by atoms with Crippen molar-refractivity contribution in [1.29, 1.82) is 0 Å². The average Bonchev–Trinajstić information content (AvgIpc) is 3.48. The first-order valence-electron chi connectivity index (χ1n) is 11.0. The van der Waals surface area contributed by atoms with Crippen molar-refractivity contribution in [2.45, 2.75) is 38.1 Å². The summed E-state index contributed by atoms with van der Waals surface area (Å²) in [6, 6.07) is 17.9. The maximum absolute atomic E-state index is 12.5. The zero-order valence-corrected chi connectivity index (χ0v) is 18.4. The topological polar surface area (TPSA) is 58.4 Å². The lowest BCUT2D eigenvalue weighted by Crippen LogP contribution is -2.36. The van der Waals surface area contributed by atoms with Gasteiger partial charge in [-0.05, 0) is 44.0 Å². The Morgan fingerprint density at radius 3 is 2.61 bits per heavy atom. The quantitative estimate of drug-likeness (QED) is 0.495. The minimum absolute atomic E-state index is 0.0473. The fourth-order valence-electron chi connectivity index (χ4n) is 4.10. The monoisotopic (exact) mass is 437 g/mol. The van der Waals surface area contributed by atoms with E-state index in [0.29, 0.717) is 31.7 Å². The number of amides is 1. The molecule has 1 fully saturated rings. The summed E-state index contributed by atoms with van der Waals surface area (Å²) >= 11 is 6.45. The van der Waals surface area contributed by atoms with Gasteiger partial charge in [0.2, 0.25) is 5.91 Å². The van der Waals surface area contributed by atoms with Gasteiger partial charge < -0.3 is 9.73 Å². The highest BCUT2D eigenvalue weighted by atomic mass is 35.5. The SMILES string of the molecule is O=C(CCCc1ncc(-c2ccccc2)o1)NCC(c1ccccc1Cl)N1CCCC1. The molecular formula is C25H28ClN3O2. The highest BCUT2D eigenvalue weighted by Crippen LogP contribution is 2.29. The van der Waals surface area contributed by atoms with Gasteiger partial charge in [-0.1, -0.05) is 60.1 Å². The van der Waals surface area contributed by atoms with Gasteiger partial charge in [-0.2, -0.15) is 0 Å². The molecule has 3 aromatic rings. The Kier molecular flexibility index (Phi) is 7.39.